The van der Waals surface area contributed by atoms with E-state index in [-0.39, 0.29) is 0 Å². The molecular weight excluding hydrogens is 120 g/mol. The first kappa shape index (κ1) is 7.33. The molecule has 0 aromatic heterocycles. The van der Waals surface area contributed by atoms with Gasteiger partial charge < -0.3 is 0 Å². The van der Waals surface area contributed by atoms with E-state index < -0.39 is 0 Å². The van der Waals surface area contributed by atoms with Crippen LogP contribution < -0.4 is 0 Å². The second-order valence-electron chi connectivity index (χ2n) is 2.91. The van der Waals surface area contributed by atoms with Gasteiger partial charge in [-0.15, -0.1) is 0 Å². The van der Waals surface area contributed by atoms with Gasteiger partial charge in [0.2, 0.25) is 0 Å². The highest BCUT2D eigenvalue weighted by atomic mass is 14.0. The van der Waals surface area contributed by atoms with Crippen LogP contribution in [-0.2, 0) is 6.42 Å². The molecule has 0 saturated heterocycles. The molecule has 0 aliphatic carbocycles. The predicted molar refractivity (Wildman–Crippen MR) is 42.7 cm³/mol. The van der Waals surface area contributed by atoms with Crippen LogP contribution in [0.4, 0.5) is 0 Å². The van der Waals surface area contributed by atoms with Crippen LogP contribution in [0.25, 0.3) is 0 Å². The Morgan fingerprint density at radius 1 is 1.40 bits per heavy atom. The van der Waals surface area contributed by atoms with Crippen LogP contribution in [0, 0.1) is 18.1 Å². The van der Waals surface area contributed by atoms with E-state index in [1.807, 2.05) is 18.2 Å². The molecule has 10 heavy (non-hydrogen) atoms. The molecule has 0 fully saturated rings. The second kappa shape index (κ2) is 3.40. The molecule has 2 radical (unpaired) electrons. The van der Waals surface area contributed by atoms with Crippen molar-refractivity contribution in [3.8, 4) is 0 Å². The third-order valence-corrected chi connectivity index (χ3v) is 1.33. The summed E-state index contributed by atoms with van der Waals surface area (Å²) < 4.78 is 0. The second-order valence-corrected chi connectivity index (χ2v) is 2.91. The van der Waals surface area contributed by atoms with Crippen molar-refractivity contribution in [3.05, 3.63) is 35.9 Å². The van der Waals surface area contributed by atoms with Gasteiger partial charge in [-0.25, -0.2) is 0 Å². The Morgan fingerprint density at radius 3 is 2.70 bits per heavy atom. The van der Waals surface area contributed by atoms with Crippen molar-refractivity contribution in [2.75, 3.05) is 0 Å². The maximum absolute atomic E-state index is 3.17. The van der Waals surface area contributed by atoms with Gasteiger partial charge in [-0.2, -0.15) is 0 Å². The number of benzene rings is 1. The maximum Gasteiger partial charge on any atom is -0.0149 e. The normalized spacial score (nSPS) is 10.3. The van der Waals surface area contributed by atoms with Crippen molar-refractivity contribution in [2.45, 2.75) is 20.3 Å². The Hall–Kier alpha value is -0.780. The van der Waals surface area contributed by atoms with Crippen molar-refractivity contribution >= 4 is 0 Å². The zero-order valence-electron chi connectivity index (χ0n) is 6.52. The Balaban J connectivity index is 2.59. The summed E-state index contributed by atoms with van der Waals surface area (Å²) in [6.45, 7) is 4.42. The predicted octanol–water partition coefficient (Wildman–Crippen LogP) is 2.49. The summed E-state index contributed by atoms with van der Waals surface area (Å²) in [5.74, 6) is 0.715. The van der Waals surface area contributed by atoms with Gasteiger partial charge in [0.05, 0.1) is 0 Å². The SMILES string of the molecule is CC(C)Cc1[c]cc[c]c1. The average Bonchev–Trinajstić information content (AvgIpc) is 1.88. The van der Waals surface area contributed by atoms with Crippen LogP contribution in [0.5, 0.6) is 0 Å². The van der Waals surface area contributed by atoms with E-state index in [9.17, 15) is 0 Å². The van der Waals surface area contributed by atoms with Gasteiger partial charge in [0, 0.05) is 0 Å². The van der Waals surface area contributed by atoms with E-state index in [1.54, 1.807) is 0 Å². The van der Waals surface area contributed by atoms with Crippen LogP contribution in [0.15, 0.2) is 18.2 Å². The Bertz CT molecular complexity index is 174. The highest BCUT2D eigenvalue weighted by Gasteiger charge is 1.94. The summed E-state index contributed by atoms with van der Waals surface area (Å²) in [5, 5.41) is 0. The van der Waals surface area contributed by atoms with Crippen molar-refractivity contribution in [3.63, 3.8) is 0 Å². The quantitative estimate of drug-likeness (QED) is 0.580. The van der Waals surface area contributed by atoms with Crippen molar-refractivity contribution in [1.82, 2.24) is 0 Å². The Labute approximate surface area is 62.9 Å². The van der Waals surface area contributed by atoms with Gasteiger partial charge >= 0.3 is 0 Å². The summed E-state index contributed by atoms with van der Waals surface area (Å²) >= 11 is 0. The minimum atomic E-state index is 0.715. The summed E-state index contributed by atoms with van der Waals surface area (Å²) in [5.41, 5.74) is 1.26. The average molecular weight is 132 g/mol. The fourth-order valence-electron chi connectivity index (χ4n) is 0.945. The molecule has 0 unspecified atom stereocenters. The third-order valence-electron chi connectivity index (χ3n) is 1.33. The van der Waals surface area contributed by atoms with Crippen molar-refractivity contribution in [1.29, 1.82) is 0 Å². The van der Waals surface area contributed by atoms with Gasteiger partial charge in [-0.05, 0) is 30.0 Å². The number of hydrogen-bond donors (Lipinski definition) is 0. The molecule has 0 nitrogen and oxygen atoms in total. The summed E-state index contributed by atoms with van der Waals surface area (Å²) in [6.07, 6.45) is 1.11. The fourth-order valence-corrected chi connectivity index (χ4v) is 0.945. The molecule has 1 aromatic carbocycles. The van der Waals surface area contributed by atoms with Crippen molar-refractivity contribution in [2.24, 2.45) is 5.92 Å². The fraction of sp³-hybridized carbons (Fsp3) is 0.400. The first-order chi connectivity index (χ1) is 4.79. The lowest BCUT2D eigenvalue weighted by Crippen LogP contribution is -1.92. The van der Waals surface area contributed by atoms with Crippen molar-refractivity contribution < 1.29 is 0 Å². The minimum Gasteiger partial charge on any atom is -0.0625 e. The molecule has 0 amide bonds. The lowest BCUT2D eigenvalue weighted by molar-refractivity contribution is 0.646. The molecule has 0 aliphatic heterocycles. The Kier molecular flexibility index (Phi) is 2.49. The van der Waals surface area contributed by atoms with Gasteiger partial charge in [0.15, 0.2) is 0 Å². The van der Waals surface area contributed by atoms with Gasteiger partial charge in [-0.1, -0.05) is 32.0 Å². The van der Waals surface area contributed by atoms with E-state index in [2.05, 4.69) is 26.0 Å². The zero-order chi connectivity index (χ0) is 7.40. The highest BCUT2D eigenvalue weighted by molar-refractivity contribution is 5.12. The van der Waals surface area contributed by atoms with E-state index >= 15 is 0 Å². The molecule has 1 rings (SSSR count). The molecule has 0 bridgehead atoms. The van der Waals surface area contributed by atoms with E-state index in [1.165, 1.54) is 5.56 Å². The molecule has 0 heteroatoms. The van der Waals surface area contributed by atoms with Gasteiger partial charge in [0.25, 0.3) is 0 Å². The molecule has 0 N–H and O–H groups in total. The molecule has 52 valence electrons. The van der Waals surface area contributed by atoms with Crippen LogP contribution in [0.1, 0.15) is 19.4 Å². The summed E-state index contributed by atoms with van der Waals surface area (Å²) in [6, 6.07) is 12.0. The zero-order valence-corrected chi connectivity index (χ0v) is 6.52. The van der Waals surface area contributed by atoms with E-state index in [0.717, 1.165) is 6.42 Å². The number of rotatable bonds is 2. The van der Waals surface area contributed by atoms with Crippen LogP contribution in [0.3, 0.4) is 0 Å². The molecule has 1 aromatic rings. The lowest BCUT2D eigenvalue weighted by atomic mass is 10.0. The summed E-state index contributed by atoms with van der Waals surface area (Å²) in [7, 11) is 0. The first-order valence-electron chi connectivity index (χ1n) is 3.65. The molecule has 0 heterocycles. The van der Waals surface area contributed by atoms with Gasteiger partial charge in [-0.3, -0.25) is 0 Å². The van der Waals surface area contributed by atoms with E-state index in [0.29, 0.717) is 5.92 Å². The van der Waals surface area contributed by atoms with Crippen LogP contribution in [0.2, 0.25) is 0 Å². The topological polar surface area (TPSA) is 0 Å². The van der Waals surface area contributed by atoms with Crippen LogP contribution in [-0.4, -0.2) is 0 Å². The standard InChI is InChI=1S/C10H12/c1-9(2)8-10-6-4-3-5-7-10/h3-4,7,9H,8H2,1-2H3. The highest BCUT2D eigenvalue weighted by Crippen LogP contribution is 2.05. The molecule has 0 spiro atoms. The smallest absolute Gasteiger partial charge is 0.0149 e. The van der Waals surface area contributed by atoms with Gasteiger partial charge in [0.1, 0.15) is 0 Å². The number of hydrogen-bond acceptors (Lipinski definition) is 0. The van der Waals surface area contributed by atoms with Crippen LogP contribution >= 0.6 is 0 Å². The summed E-state index contributed by atoms with van der Waals surface area (Å²) in [4.78, 5) is 0. The minimum absolute atomic E-state index is 0.715. The van der Waals surface area contributed by atoms with E-state index in [4.69, 9.17) is 0 Å². The largest absolute Gasteiger partial charge is 0.0625 e. The Morgan fingerprint density at radius 2 is 2.20 bits per heavy atom. The lowest BCUT2D eigenvalue weighted by Gasteiger charge is -2.01. The molecule has 0 saturated carbocycles. The molecule has 0 aliphatic rings. The first-order valence-corrected chi connectivity index (χ1v) is 3.65. The monoisotopic (exact) mass is 132 g/mol. The molecular formula is C10H12. The maximum atomic E-state index is 3.17. The third kappa shape index (κ3) is 2.22. The molecule has 0 atom stereocenters.